The molecule has 2 aromatic carbocycles. The molecule has 3 rings (SSSR count). The number of rotatable bonds is 9. The summed E-state index contributed by atoms with van der Waals surface area (Å²) in [5, 5.41) is 20.7. The number of hydrogen-bond acceptors (Lipinski definition) is 5. The van der Waals surface area contributed by atoms with Crippen LogP contribution in [-0.2, 0) is 10.2 Å². The van der Waals surface area contributed by atoms with Gasteiger partial charge in [0, 0.05) is 4.88 Å². The van der Waals surface area contributed by atoms with E-state index in [1.165, 1.54) is 28.0 Å². The van der Waals surface area contributed by atoms with Gasteiger partial charge in [0.15, 0.2) is 6.10 Å². The van der Waals surface area contributed by atoms with Crippen molar-refractivity contribution in [3.8, 4) is 16.9 Å². The molecule has 0 aliphatic carbocycles. The van der Waals surface area contributed by atoms with E-state index in [0.29, 0.717) is 4.88 Å². The normalized spacial score (nSPS) is 13.3. The van der Waals surface area contributed by atoms with Gasteiger partial charge in [0.25, 0.3) is 5.91 Å². The molecule has 0 fully saturated rings. The molecule has 1 amide bonds. The molecule has 0 aliphatic heterocycles. The van der Waals surface area contributed by atoms with Crippen molar-refractivity contribution in [3.05, 3.63) is 75.0 Å². The van der Waals surface area contributed by atoms with Crippen molar-refractivity contribution in [1.29, 1.82) is 0 Å². The Morgan fingerprint density at radius 3 is 2.11 bits per heavy atom. The molecular weight excluding hydrogens is 486 g/mol. The monoisotopic (exact) mass is 523 g/mol. The van der Waals surface area contributed by atoms with Gasteiger partial charge in [-0.15, -0.1) is 11.3 Å². The Hall–Kier alpha value is -3.16. The number of thiophene rings is 1. The van der Waals surface area contributed by atoms with Crippen LogP contribution in [0.3, 0.4) is 0 Å². The third-order valence-corrected chi connectivity index (χ3v) is 7.43. The van der Waals surface area contributed by atoms with Gasteiger partial charge in [-0.25, -0.2) is 4.79 Å². The average Bonchev–Trinajstić information content (AvgIpc) is 3.30. The molecule has 0 saturated carbocycles. The predicted octanol–water partition coefficient (Wildman–Crippen LogP) is 6.28. The first kappa shape index (κ1) is 28.4. The van der Waals surface area contributed by atoms with Gasteiger partial charge >= 0.3 is 5.97 Å². The van der Waals surface area contributed by atoms with Crippen molar-refractivity contribution < 1.29 is 24.5 Å². The molecule has 6 nitrogen and oxygen atoms in total. The van der Waals surface area contributed by atoms with E-state index >= 15 is 0 Å². The van der Waals surface area contributed by atoms with Crippen LogP contribution < -0.4 is 10.1 Å². The van der Waals surface area contributed by atoms with E-state index in [9.17, 15) is 14.7 Å². The molecule has 1 heterocycles. The maximum Gasteiger partial charge on any atom is 0.334 e. The number of aliphatic hydroxyl groups is 1. The molecule has 1 aromatic heterocycles. The number of nitrogens with one attached hydrogen (secondary N) is 1. The number of aliphatic hydroxyl groups excluding tert-OH is 1. The van der Waals surface area contributed by atoms with Gasteiger partial charge in [-0.3, -0.25) is 4.79 Å². The molecule has 3 aromatic rings. The van der Waals surface area contributed by atoms with Gasteiger partial charge in [-0.1, -0.05) is 58.9 Å². The molecule has 2 atom stereocenters. The zero-order valence-electron chi connectivity index (χ0n) is 22.6. The minimum Gasteiger partial charge on any atom is -0.485 e. The number of ether oxygens (including phenoxy) is 1. The molecule has 0 bridgehead atoms. The van der Waals surface area contributed by atoms with Gasteiger partial charge in [0.05, 0.1) is 11.4 Å². The summed E-state index contributed by atoms with van der Waals surface area (Å²) in [6, 6.07) is 16.4. The lowest BCUT2D eigenvalue weighted by Gasteiger charge is -2.23. The van der Waals surface area contributed by atoms with Crippen molar-refractivity contribution in [2.75, 3.05) is 6.54 Å². The highest BCUT2D eigenvalue weighted by Gasteiger charge is 2.23. The van der Waals surface area contributed by atoms with Crippen LogP contribution in [0.1, 0.15) is 72.0 Å². The van der Waals surface area contributed by atoms with Crippen LogP contribution in [0, 0.1) is 19.8 Å². The summed E-state index contributed by atoms with van der Waals surface area (Å²) in [6.07, 6.45) is -1.90. The van der Waals surface area contributed by atoms with Gasteiger partial charge in [0.1, 0.15) is 11.9 Å². The summed E-state index contributed by atoms with van der Waals surface area (Å²) in [7, 11) is 0. The fourth-order valence-electron chi connectivity index (χ4n) is 4.24. The van der Waals surface area contributed by atoms with E-state index < -0.39 is 18.0 Å². The number of benzene rings is 2. The van der Waals surface area contributed by atoms with Crippen molar-refractivity contribution in [2.45, 2.75) is 66.1 Å². The molecule has 0 saturated heterocycles. The third-order valence-electron chi connectivity index (χ3n) is 6.29. The lowest BCUT2D eigenvalue weighted by atomic mass is 9.85. The van der Waals surface area contributed by atoms with Crippen molar-refractivity contribution in [1.82, 2.24) is 5.32 Å². The fraction of sp³-hybridized carbons (Fsp3) is 0.400. The number of amides is 1. The molecule has 3 N–H and O–H groups in total. The molecule has 198 valence electrons. The van der Waals surface area contributed by atoms with Crippen LogP contribution in [0.4, 0.5) is 0 Å². The Morgan fingerprint density at radius 2 is 1.59 bits per heavy atom. The summed E-state index contributed by atoms with van der Waals surface area (Å²) in [4.78, 5) is 24.5. The summed E-state index contributed by atoms with van der Waals surface area (Å²) in [6.45, 7) is 14.6. The zero-order chi connectivity index (χ0) is 27.5. The Morgan fingerprint density at radius 1 is 1.00 bits per heavy atom. The molecule has 0 radical (unpaired) electrons. The SMILES string of the molecule is Cc1cc(O[C@@H](c2ccc(C(=O)NC[C@@H](O)C(=O)O)s2)C(C)C)cc(C)c1-c1ccc(C(C)(C)C)cc1. The quantitative estimate of drug-likeness (QED) is 0.307. The molecule has 37 heavy (non-hydrogen) atoms. The second-order valence-electron chi connectivity index (χ2n) is 10.8. The number of carbonyl (C=O) groups is 2. The summed E-state index contributed by atoms with van der Waals surface area (Å²) < 4.78 is 6.46. The van der Waals surface area contributed by atoms with Crippen molar-refractivity contribution in [3.63, 3.8) is 0 Å². The van der Waals surface area contributed by atoms with Crippen molar-refractivity contribution in [2.24, 2.45) is 5.92 Å². The van der Waals surface area contributed by atoms with Crippen LogP contribution in [0.25, 0.3) is 11.1 Å². The number of aliphatic carboxylic acids is 1. The van der Waals surface area contributed by atoms with Gasteiger partial charge < -0.3 is 20.3 Å². The lowest BCUT2D eigenvalue weighted by molar-refractivity contribution is -0.146. The molecule has 0 spiro atoms. The second kappa shape index (κ2) is 11.5. The number of carboxylic acid groups (broad SMARTS) is 1. The maximum absolute atomic E-state index is 12.4. The molecular formula is C30H37NO5S. The van der Waals surface area contributed by atoms with Gasteiger partial charge in [-0.05, 0) is 77.3 Å². The highest BCUT2D eigenvalue weighted by Crippen LogP contribution is 2.37. The second-order valence-corrected chi connectivity index (χ2v) is 11.9. The number of carbonyl (C=O) groups excluding carboxylic acids is 1. The average molecular weight is 524 g/mol. The summed E-state index contributed by atoms with van der Waals surface area (Å²) in [5.41, 5.74) is 6.04. The van der Waals surface area contributed by atoms with E-state index in [4.69, 9.17) is 9.84 Å². The standard InChI is InChI=1S/C30H37NO5S/c1-17(2)27(24-12-13-25(37-24)28(33)31-16-23(32)29(34)35)36-22-14-18(3)26(19(4)15-22)20-8-10-21(11-9-20)30(5,6)7/h8-15,17,23,27,32H,16H2,1-7H3,(H,31,33)(H,34,35)/t23-,27-/m1/s1. The Kier molecular flexibility index (Phi) is 8.82. The third kappa shape index (κ3) is 6.99. The van der Waals surface area contributed by atoms with Crippen LogP contribution in [0.2, 0.25) is 0 Å². The largest absolute Gasteiger partial charge is 0.485 e. The number of carboxylic acids is 1. The topological polar surface area (TPSA) is 95.9 Å². The molecule has 0 unspecified atom stereocenters. The first-order valence-electron chi connectivity index (χ1n) is 12.5. The Balaban J connectivity index is 1.80. The lowest BCUT2D eigenvalue weighted by Crippen LogP contribution is -2.36. The maximum atomic E-state index is 12.4. The van der Waals surface area contributed by atoms with E-state index in [1.54, 1.807) is 6.07 Å². The highest BCUT2D eigenvalue weighted by molar-refractivity contribution is 7.14. The minimum absolute atomic E-state index is 0.105. The zero-order valence-corrected chi connectivity index (χ0v) is 23.4. The van der Waals surface area contributed by atoms with Crippen LogP contribution in [0.5, 0.6) is 5.75 Å². The molecule has 7 heteroatoms. The van der Waals surface area contributed by atoms with E-state index in [-0.39, 0.29) is 24.0 Å². The van der Waals surface area contributed by atoms with Crippen molar-refractivity contribution >= 4 is 23.2 Å². The van der Waals surface area contributed by atoms with Crippen LogP contribution in [0.15, 0.2) is 48.5 Å². The predicted molar refractivity (Wildman–Crippen MR) is 149 cm³/mol. The van der Waals surface area contributed by atoms with Crippen LogP contribution in [-0.4, -0.2) is 34.7 Å². The van der Waals surface area contributed by atoms with E-state index in [0.717, 1.165) is 21.8 Å². The summed E-state index contributed by atoms with van der Waals surface area (Å²) in [5.74, 6) is -0.882. The molecule has 0 aliphatic rings. The van der Waals surface area contributed by atoms with E-state index in [2.05, 4.69) is 90.2 Å². The first-order chi connectivity index (χ1) is 17.3. The fourth-order valence-corrected chi connectivity index (χ4v) is 5.37. The van der Waals surface area contributed by atoms with Gasteiger partial charge in [-0.2, -0.15) is 0 Å². The smallest absolute Gasteiger partial charge is 0.334 e. The highest BCUT2D eigenvalue weighted by atomic mass is 32.1. The minimum atomic E-state index is -1.64. The van der Waals surface area contributed by atoms with E-state index in [1.807, 2.05) is 6.07 Å². The van der Waals surface area contributed by atoms with Crippen LogP contribution >= 0.6 is 11.3 Å². The summed E-state index contributed by atoms with van der Waals surface area (Å²) >= 11 is 1.30. The van der Waals surface area contributed by atoms with Gasteiger partial charge in [0.2, 0.25) is 0 Å². The Bertz CT molecular complexity index is 1230. The number of aryl methyl sites for hydroxylation is 2. The number of hydrogen-bond donors (Lipinski definition) is 3. The Labute approximate surface area is 223 Å². The first-order valence-corrected chi connectivity index (χ1v) is 13.3.